The largest absolute Gasteiger partial charge is 0.389 e. The summed E-state index contributed by atoms with van der Waals surface area (Å²) in [4.78, 5) is 4.73. The predicted molar refractivity (Wildman–Crippen MR) is 102 cm³/mol. The lowest BCUT2D eigenvalue weighted by atomic mass is 10.2. The Morgan fingerprint density at radius 1 is 0.880 bits per heavy atom. The number of hydrogen-bond donors (Lipinski definition) is 1. The molecule has 2 aromatic carbocycles. The molecule has 4 heteroatoms. The Hall–Kier alpha value is -1.88. The Balaban J connectivity index is 1.30. The molecule has 3 rings (SSSR count). The summed E-state index contributed by atoms with van der Waals surface area (Å²) >= 11 is 0. The maximum atomic E-state index is 10.2. The van der Waals surface area contributed by atoms with Crippen LogP contribution in [0.4, 0.5) is 5.69 Å². The zero-order valence-corrected chi connectivity index (χ0v) is 14.8. The molecule has 0 saturated carbocycles. The number of β-amino-alcohol motifs (C(OH)–C–C–N with tert-alkyl or cyclic N) is 1. The molecule has 0 spiro atoms. The predicted octanol–water partition coefficient (Wildman–Crippen LogP) is 2.43. The van der Waals surface area contributed by atoms with Crippen molar-refractivity contribution in [3.05, 3.63) is 66.2 Å². The Labute approximate surface area is 150 Å². The van der Waals surface area contributed by atoms with Gasteiger partial charge in [0.2, 0.25) is 0 Å². The van der Waals surface area contributed by atoms with E-state index in [1.54, 1.807) is 0 Å². The number of aliphatic hydroxyl groups excluding tert-OH is 1. The van der Waals surface area contributed by atoms with E-state index >= 15 is 0 Å². The van der Waals surface area contributed by atoms with Crippen molar-refractivity contribution in [2.45, 2.75) is 12.5 Å². The van der Waals surface area contributed by atoms with Gasteiger partial charge in [-0.25, -0.2) is 0 Å². The highest BCUT2D eigenvalue weighted by atomic mass is 16.5. The zero-order valence-electron chi connectivity index (χ0n) is 14.8. The minimum absolute atomic E-state index is 0.408. The quantitative estimate of drug-likeness (QED) is 0.749. The molecule has 4 nitrogen and oxygen atoms in total. The third kappa shape index (κ3) is 5.85. The molecule has 1 fully saturated rings. The second kappa shape index (κ2) is 9.56. The van der Waals surface area contributed by atoms with Crippen LogP contribution in [0.5, 0.6) is 0 Å². The maximum Gasteiger partial charge on any atom is 0.0900 e. The number of rotatable bonds is 8. The first-order valence-corrected chi connectivity index (χ1v) is 9.13. The van der Waals surface area contributed by atoms with Crippen LogP contribution in [-0.4, -0.2) is 62.0 Å². The van der Waals surface area contributed by atoms with Gasteiger partial charge in [0.25, 0.3) is 0 Å². The smallest absolute Gasteiger partial charge is 0.0900 e. The normalized spacial score (nSPS) is 16.8. The van der Waals surface area contributed by atoms with E-state index in [0.29, 0.717) is 19.8 Å². The third-order valence-electron chi connectivity index (χ3n) is 4.65. The van der Waals surface area contributed by atoms with Gasteiger partial charge in [-0.15, -0.1) is 0 Å². The first-order chi connectivity index (χ1) is 12.3. The average Bonchev–Trinajstić information content (AvgIpc) is 2.67. The number of nitrogens with zero attached hydrogens (tertiary/aromatic N) is 2. The van der Waals surface area contributed by atoms with Gasteiger partial charge in [-0.2, -0.15) is 0 Å². The first-order valence-electron chi connectivity index (χ1n) is 9.13. The second-order valence-electron chi connectivity index (χ2n) is 6.59. The van der Waals surface area contributed by atoms with Gasteiger partial charge >= 0.3 is 0 Å². The van der Waals surface area contributed by atoms with E-state index in [1.807, 2.05) is 24.3 Å². The number of aliphatic hydroxyl groups is 1. The molecule has 0 radical (unpaired) electrons. The molecule has 0 aliphatic carbocycles. The summed E-state index contributed by atoms with van der Waals surface area (Å²) < 4.78 is 5.64. The van der Waals surface area contributed by atoms with Gasteiger partial charge in [-0.1, -0.05) is 48.5 Å². The van der Waals surface area contributed by atoms with Crippen LogP contribution in [0, 0.1) is 0 Å². The first kappa shape index (κ1) is 17.9. The van der Waals surface area contributed by atoms with E-state index in [2.05, 4.69) is 46.2 Å². The number of benzene rings is 2. The standard InChI is InChI=1S/C21H28N2O2/c24-21(18-25-16-11-19-7-3-1-4-8-19)17-22-12-14-23(15-13-22)20-9-5-2-6-10-20/h1-10,21,24H,11-18H2. The number of anilines is 1. The van der Waals surface area contributed by atoms with E-state index in [0.717, 1.165) is 32.6 Å². The number of ether oxygens (including phenoxy) is 1. The lowest BCUT2D eigenvalue weighted by Gasteiger charge is -2.36. The van der Waals surface area contributed by atoms with E-state index in [-0.39, 0.29) is 0 Å². The molecule has 2 aromatic rings. The van der Waals surface area contributed by atoms with Gasteiger partial charge in [-0.05, 0) is 24.1 Å². The zero-order chi connectivity index (χ0) is 17.3. The fraction of sp³-hybridized carbons (Fsp3) is 0.429. The number of hydrogen-bond acceptors (Lipinski definition) is 4. The molecule has 0 bridgehead atoms. The Bertz CT molecular complexity index is 598. The monoisotopic (exact) mass is 340 g/mol. The van der Waals surface area contributed by atoms with Crippen molar-refractivity contribution in [1.82, 2.24) is 4.90 Å². The molecule has 1 heterocycles. The van der Waals surface area contributed by atoms with E-state index in [9.17, 15) is 5.11 Å². The summed E-state index contributed by atoms with van der Waals surface area (Å²) in [6, 6.07) is 20.8. The van der Waals surface area contributed by atoms with Crippen LogP contribution in [0.2, 0.25) is 0 Å². The summed E-state index contributed by atoms with van der Waals surface area (Å²) in [6.45, 7) is 5.73. The van der Waals surface area contributed by atoms with Gasteiger partial charge in [0.1, 0.15) is 0 Å². The second-order valence-corrected chi connectivity index (χ2v) is 6.59. The lowest BCUT2D eigenvalue weighted by molar-refractivity contribution is 0.0168. The molecular weight excluding hydrogens is 312 g/mol. The summed E-state index contributed by atoms with van der Waals surface area (Å²) in [5, 5.41) is 10.2. The number of para-hydroxylation sites is 1. The van der Waals surface area contributed by atoms with Crippen LogP contribution in [0.3, 0.4) is 0 Å². The van der Waals surface area contributed by atoms with E-state index < -0.39 is 6.10 Å². The van der Waals surface area contributed by atoms with Crippen LogP contribution >= 0.6 is 0 Å². The highest BCUT2D eigenvalue weighted by Gasteiger charge is 2.19. The van der Waals surface area contributed by atoms with E-state index in [1.165, 1.54) is 11.3 Å². The van der Waals surface area contributed by atoms with Crippen molar-refractivity contribution in [2.24, 2.45) is 0 Å². The van der Waals surface area contributed by atoms with Crippen molar-refractivity contribution < 1.29 is 9.84 Å². The fourth-order valence-electron chi connectivity index (χ4n) is 3.23. The van der Waals surface area contributed by atoms with Gasteiger partial charge < -0.3 is 14.7 Å². The number of piperazine rings is 1. The van der Waals surface area contributed by atoms with Crippen molar-refractivity contribution in [3.8, 4) is 0 Å². The minimum atomic E-state index is -0.418. The van der Waals surface area contributed by atoms with Gasteiger partial charge in [0.15, 0.2) is 0 Å². The van der Waals surface area contributed by atoms with Crippen molar-refractivity contribution in [1.29, 1.82) is 0 Å². The molecule has 1 unspecified atom stereocenters. The highest BCUT2D eigenvalue weighted by molar-refractivity contribution is 5.46. The van der Waals surface area contributed by atoms with Gasteiger partial charge in [0.05, 0.1) is 19.3 Å². The van der Waals surface area contributed by atoms with Crippen LogP contribution in [0.1, 0.15) is 5.56 Å². The molecule has 1 aliphatic heterocycles. The van der Waals surface area contributed by atoms with Crippen LogP contribution in [-0.2, 0) is 11.2 Å². The minimum Gasteiger partial charge on any atom is -0.389 e. The Kier molecular flexibility index (Phi) is 6.86. The molecule has 134 valence electrons. The van der Waals surface area contributed by atoms with Crippen molar-refractivity contribution in [3.63, 3.8) is 0 Å². The molecule has 0 amide bonds. The average molecular weight is 340 g/mol. The summed E-state index contributed by atoms with van der Waals surface area (Å²) in [7, 11) is 0. The van der Waals surface area contributed by atoms with Crippen LogP contribution in [0.15, 0.2) is 60.7 Å². The molecule has 0 aromatic heterocycles. The fourth-order valence-corrected chi connectivity index (χ4v) is 3.23. The summed E-state index contributed by atoms with van der Waals surface area (Å²) in [6.07, 6.45) is 0.475. The maximum absolute atomic E-state index is 10.2. The van der Waals surface area contributed by atoms with Crippen molar-refractivity contribution in [2.75, 3.05) is 50.8 Å². The molecular formula is C21H28N2O2. The van der Waals surface area contributed by atoms with Gasteiger partial charge in [-0.3, -0.25) is 4.90 Å². The molecule has 1 atom stereocenters. The third-order valence-corrected chi connectivity index (χ3v) is 4.65. The Morgan fingerprint density at radius 3 is 2.20 bits per heavy atom. The van der Waals surface area contributed by atoms with Crippen LogP contribution in [0.25, 0.3) is 0 Å². The van der Waals surface area contributed by atoms with Crippen LogP contribution < -0.4 is 4.90 Å². The Morgan fingerprint density at radius 2 is 1.52 bits per heavy atom. The summed E-state index contributed by atoms with van der Waals surface area (Å²) in [5.74, 6) is 0. The highest BCUT2D eigenvalue weighted by Crippen LogP contribution is 2.15. The molecule has 1 aliphatic rings. The molecule has 1 N–H and O–H groups in total. The molecule has 25 heavy (non-hydrogen) atoms. The lowest BCUT2D eigenvalue weighted by Crippen LogP contribution is -2.49. The molecule has 1 saturated heterocycles. The van der Waals surface area contributed by atoms with Crippen molar-refractivity contribution >= 4 is 5.69 Å². The summed E-state index contributed by atoms with van der Waals surface area (Å²) in [5.41, 5.74) is 2.56. The SMILES string of the molecule is OC(COCCc1ccccc1)CN1CCN(c2ccccc2)CC1. The van der Waals surface area contributed by atoms with Gasteiger partial charge in [0, 0.05) is 38.4 Å². The topological polar surface area (TPSA) is 35.9 Å². The van der Waals surface area contributed by atoms with E-state index in [4.69, 9.17) is 4.74 Å².